The quantitative estimate of drug-likeness (QED) is 0.863. The van der Waals surface area contributed by atoms with Crippen LogP contribution < -0.4 is 0 Å². The molecular formula is C18H22N2O4. The van der Waals surface area contributed by atoms with Gasteiger partial charge in [-0.05, 0) is 19.1 Å². The van der Waals surface area contributed by atoms with Crippen LogP contribution in [0.5, 0.6) is 0 Å². The number of hydrogen-bond acceptors (Lipinski definition) is 5. The van der Waals surface area contributed by atoms with Crippen LogP contribution in [-0.2, 0) is 11.3 Å². The zero-order chi connectivity index (χ0) is 16.5. The Labute approximate surface area is 141 Å². The minimum absolute atomic E-state index is 0.0319. The Morgan fingerprint density at radius 3 is 2.92 bits per heavy atom. The molecule has 0 saturated carbocycles. The first-order valence-corrected chi connectivity index (χ1v) is 8.39. The van der Waals surface area contributed by atoms with Crippen LogP contribution in [0.15, 0.2) is 39.8 Å². The molecule has 0 radical (unpaired) electrons. The number of nitrogens with zero attached hydrogens (tertiary/aromatic N) is 2. The molecule has 0 unspecified atom stereocenters. The third-order valence-corrected chi connectivity index (χ3v) is 4.94. The number of rotatable bonds is 3. The second-order valence-corrected chi connectivity index (χ2v) is 6.68. The van der Waals surface area contributed by atoms with E-state index in [1.54, 1.807) is 18.8 Å². The fourth-order valence-corrected chi connectivity index (χ4v) is 3.65. The Morgan fingerprint density at radius 2 is 2.17 bits per heavy atom. The lowest BCUT2D eigenvalue weighted by Gasteiger charge is -2.22. The first-order valence-electron chi connectivity index (χ1n) is 8.39. The fraction of sp³-hybridized carbons (Fsp3) is 0.500. The van der Waals surface area contributed by atoms with Gasteiger partial charge < -0.3 is 18.5 Å². The van der Waals surface area contributed by atoms with E-state index in [-0.39, 0.29) is 12.0 Å². The minimum atomic E-state index is -0.0319. The highest BCUT2D eigenvalue weighted by atomic mass is 16.5. The van der Waals surface area contributed by atoms with Gasteiger partial charge in [-0.2, -0.15) is 0 Å². The molecule has 2 aliphatic rings. The van der Waals surface area contributed by atoms with Crippen LogP contribution in [0.1, 0.15) is 21.7 Å². The zero-order valence-corrected chi connectivity index (χ0v) is 13.8. The number of aryl methyl sites for hydroxylation is 1. The molecule has 24 heavy (non-hydrogen) atoms. The molecule has 2 atom stereocenters. The van der Waals surface area contributed by atoms with Crippen molar-refractivity contribution in [3.63, 3.8) is 0 Å². The van der Waals surface area contributed by atoms with Gasteiger partial charge in [0.2, 0.25) is 0 Å². The third kappa shape index (κ3) is 2.99. The van der Waals surface area contributed by atoms with Gasteiger partial charge in [0.1, 0.15) is 0 Å². The van der Waals surface area contributed by atoms with Crippen LogP contribution in [-0.4, -0.2) is 54.6 Å². The van der Waals surface area contributed by atoms with E-state index >= 15 is 0 Å². The SMILES string of the molecule is Cc1ccoc1C(=O)N1C[C@@H]2CN(Cc3ccoc3)CCO[C@@H]2C1. The van der Waals surface area contributed by atoms with Crippen LogP contribution in [0.25, 0.3) is 0 Å². The normalized spacial score (nSPS) is 24.8. The van der Waals surface area contributed by atoms with Crippen molar-refractivity contribution in [1.82, 2.24) is 9.80 Å². The Bertz CT molecular complexity index is 694. The van der Waals surface area contributed by atoms with Gasteiger partial charge in [-0.1, -0.05) is 0 Å². The summed E-state index contributed by atoms with van der Waals surface area (Å²) in [5.41, 5.74) is 2.06. The smallest absolute Gasteiger partial charge is 0.289 e. The molecule has 128 valence electrons. The number of carbonyl (C=O) groups is 1. The molecule has 2 fully saturated rings. The van der Waals surface area contributed by atoms with Gasteiger partial charge in [0, 0.05) is 49.8 Å². The first kappa shape index (κ1) is 15.5. The standard InChI is InChI=1S/C18H22N2O4/c1-13-2-6-24-17(13)18(21)20-10-15-9-19(4-7-23-16(15)11-20)8-14-3-5-22-12-14/h2-3,5-6,12,15-16H,4,7-11H2,1H3/t15-,16+/m0/s1. The van der Waals surface area contributed by atoms with Crippen LogP contribution in [0.2, 0.25) is 0 Å². The Hall–Kier alpha value is -2.05. The minimum Gasteiger partial charge on any atom is -0.472 e. The summed E-state index contributed by atoms with van der Waals surface area (Å²) in [6, 6.07) is 3.82. The van der Waals surface area contributed by atoms with E-state index in [4.69, 9.17) is 13.6 Å². The fourth-order valence-electron chi connectivity index (χ4n) is 3.65. The van der Waals surface area contributed by atoms with Crippen molar-refractivity contribution in [3.05, 3.63) is 47.8 Å². The highest BCUT2D eigenvalue weighted by Gasteiger charge is 2.39. The second kappa shape index (κ2) is 6.45. The van der Waals surface area contributed by atoms with E-state index in [1.165, 1.54) is 5.56 Å². The first-order chi connectivity index (χ1) is 11.7. The summed E-state index contributed by atoms with van der Waals surface area (Å²) in [6.45, 7) is 6.64. The summed E-state index contributed by atoms with van der Waals surface area (Å²) in [5, 5.41) is 0. The lowest BCUT2D eigenvalue weighted by atomic mass is 10.1. The Kier molecular flexibility index (Phi) is 4.16. The van der Waals surface area contributed by atoms with Gasteiger partial charge >= 0.3 is 0 Å². The molecular weight excluding hydrogens is 308 g/mol. The molecule has 0 aliphatic carbocycles. The van der Waals surface area contributed by atoms with Crippen molar-refractivity contribution >= 4 is 5.91 Å². The van der Waals surface area contributed by atoms with Crippen molar-refractivity contribution in [1.29, 1.82) is 0 Å². The van der Waals surface area contributed by atoms with E-state index < -0.39 is 0 Å². The van der Waals surface area contributed by atoms with Crippen molar-refractivity contribution in [2.75, 3.05) is 32.8 Å². The number of fused-ring (bicyclic) bond motifs is 1. The second-order valence-electron chi connectivity index (χ2n) is 6.68. The lowest BCUT2D eigenvalue weighted by Crippen LogP contribution is -2.33. The molecule has 2 aromatic rings. The monoisotopic (exact) mass is 330 g/mol. The van der Waals surface area contributed by atoms with Crippen LogP contribution in [0.3, 0.4) is 0 Å². The number of hydrogen-bond donors (Lipinski definition) is 0. The third-order valence-electron chi connectivity index (χ3n) is 4.94. The van der Waals surface area contributed by atoms with E-state index in [0.717, 1.165) is 25.2 Å². The highest BCUT2D eigenvalue weighted by molar-refractivity contribution is 5.93. The number of ether oxygens (including phenoxy) is 1. The van der Waals surface area contributed by atoms with Crippen LogP contribution in [0, 0.1) is 12.8 Å². The molecule has 0 bridgehead atoms. The van der Waals surface area contributed by atoms with Gasteiger partial charge in [-0.3, -0.25) is 9.69 Å². The largest absolute Gasteiger partial charge is 0.472 e. The average molecular weight is 330 g/mol. The molecule has 6 heteroatoms. The lowest BCUT2D eigenvalue weighted by molar-refractivity contribution is 0.0476. The molecule has 2 aromatic heterocycles. The summed E-state index contributed by atoms with van der Waals surface area (Å²) >= 11 is 0. The maximum absolute atomic E-state index is 12.6. The van der Waals surface area contributed by atoms with Gasteiger partial charge in [0.15, 0.2) is 5.76 Å². The summed E-state index contributed by atoms with van der Waals surface area (Å²) in [4.78, 5) is 16.9. The van der Waals surface area contributed by atoms with Gasteiger partial charge in [0.25, 0.3) is 5.91 Å². The number of amides is 1. The molecule has 1 amide bonds. The maximum Gasteiger partial charge on any atom is 0.289 e. The van der Waals surface area contributed by atoms with E-state index in [0.29, 0.717) is 31.4 Å². The van der Waals surface area contributed by atoms with Crippen LogP contribution >= 0.6 is 0 Å². The Morgan fingerprint density at radius 1 is 1.25 bits per heavy atom. The van der Waals surface area contributed by atoms with Crippen molar-refractivity contribution < 1.29 is 18.4 Å². The molecule has 0 aromatic carbocycles. The summed E-state index contributed by atoms with van der Waals surface area (Å²) in [7, 11) is 0. The summed E-state index contributed by atoms with van der Waals surface area (Å²) < 4.78 is 16.5. The number of carbonyl (C=O) groups excluding carboxylic acids is 1. The molecule has 2 aliphatic heterocycles. The number of furan rings is 2. The molecule has 0 spiro atoms. The predicted molar refractivity (Wildman–Crippen MR) is 86.6 cm³/mol. The van der Waals surface area contributed by atoms with Gasteiger partial charge in [0.05, 0.1) is 31.5 Å². The highest BCUT2D eigenvalue weighted by Crippen LogP contribution is 2.26. The summed E-state index contributed by atoms with van der Waals surface area (Å²) in [5.74, 6) is 0.746. The van der Waals surface area contributed by atoms with Crippen molar-refractivity contribution in [2.45, 2.75) is 19.6 Å². The van der Waals surface area contributed by atoms with E-state index in [9.17, 15) is 4.79 Å². The molecule has 4 heterocycles. The van der Waals surface area contributed by atoms with Gasteiger partial charge in [-0.15, -0.1) is 0 Å². The topological polar surface area (TPSA) is 59.1 Å². The van der Waals surface area contributed by atoms with E-state index in [2.05, 4.69) is 4.90 Å². The molecule has 4 rings (SSSR count). The molecule has 2 saturated heterocycles. The average Bonchev–Trinajstić information content (AvgIpc) is 3.28. The van der Waals surface area contributed by atoms with Gasteiger partial charge in [-0.25, -0.2) is 0 Å². The summed E-state index contributed by atoms with van der Waals surface area (Å²) in [6.07, 6.45) is 5.17. The Balaban J connectivity index is 1.42. The molecule has 0 N–H and O–H groups in total. The van der Waals surface area contributed by atoms with Crippen LogP contribution in [0.4, 0.5) is 0 Å². The number of likely N-dealkylation sites (tertiary alicyclic amines) is 1. The molecule has 6 nitrogen and oxygen atoms in total. The van der Waals surface area contributed by atoms with Crippen molar-refractivity contribution in [3.8, 4) is 0 Å². The van der Waals surface area contributed by atoms with Crippen molar-refractivity contribution in [2.24, 2.45) is 5.92 Å². The maximum atomic E-state index is 12.6. The predicted octanol–water partition coefficient (Wildman–Crippen LogP) is 2.15. The zero-order valence-electron chi connectivity index (χ0n) is 13.8. The van der Waals surface area contributed by atoms with E-state index in [1.807, 2.05) is 24.0 Å².